The molecule has 1 aromatic heterocycles. The van der Waals surface area contributed by atoms with E-state index in [1.165, 1.54) is 11.3 Å². The van der Waals surface area contributed by atoms with Crippen LogP contribution in [-0.4, -0.2) is 28.0 Å². The molecule has 0 radical (unpaired) electrons. The number of nitrogens with zero attached hydrogens (tertiary/aromatic N) is 1. The van der Waals surface area contributed by atoms with E-state index < -0.39 is 5.97 Å². The van der Waals surface area contributed by atoms with Gasteiger partial charge in [0.15, 0.2) is 0 Å². The lowest BCUT2D eigenvalue weighted by atomic mass is 10.2. The number of carbonyl (C=O) groups excluding carboxylic acids is 1. The molecule has 1 heterocycles. The molecule has 1 unspecified atom stereocenters. The lowest BCUT2D eigenvalue weighted by Gasteiger charge is -2.11. The Bertz CT molecular complexity index is 405. The Kier molecular flexibility index (Phi) is 5.05. The van der Waals surface area contributed by atoms with E-state index in [0.29, 0.717) is 23.7 Å². The highest BCUT2D eigenvalue weighted by Gasteiger charge is 2.13. The number of carboxylic acid groups (broad SMARTS) is 1. The molecule has 17 heavy (non-hydrogen) atoms. The Hall–Kier alpha value is -1.47. The maximum Gasteiger partial charge on any atom is 0.303 e. The average Bonchev–Trinajstić information content (AvgIpc) is 2.74. The van der Waals surface area contributed by atoms with Crippen LogP contribution in [0.15, 0.2) is 5.38 Å². The lowest BCUT2D eigenvalue weighted by molar-refractivity contribution is -0.137. The van der Waals surface area contributed by atoms with Gasteiger partial charge < -0.3 is 16.2 Å². The molecule has 0 saturated heterocycles. The van der Waals surface area contributed by atoms with Crippen LogP contribution in [0, 0.1) is 0 Å². The zero-order valence-corrected chi connectivity index (χ0v) is 10.3. The Morgan fingerprint density at radius 2 is 2.35 bits per heavy atom. The van der Waals surface area contributed by atoms with Gasteiger partial charge in [0.1, 0.15) is 10.7 Å². The van der Waals surface area contributed by atoms with Crippen molar-refractivity contribution in [1.82, 2.24) is 10.3 Å². The molecule has 0 aliphatic rings. The maximum atomic E-state index is 11.7. The molecular weight excluding hydrogens is 242 g/mol. The van der Waals surface area contributed by atoms with Gasteiger partial charge in [-0.15, -0.1) is 11.3 Å². The van der Waals surface area contributed by atoms with E-state index in [1.54, 1.807) is 12.3 Å². The van der Waals surface area contributed by atoms with Crippen LogP contribution in [-0.2, 0) is 11.3 Å². The Labute approximate surface area is 103 Å². The quantitative estimate of drug-likeness (QED) is 0.691. The summed E-state index contributed by atoms with van der Waals surface area (Å²) in [4.78, 5) is 26.1. The Morgan fingerprint density at radius 3 is 2.88 bits per heavy atom. The van der Waals surface area contributed by atoms with Gasteiger partial charge in [-0.1, -0.05) is 0 Å². The van der Waals surface area contributed by atoms with Gasteiger partial charge in [0.2, 0.25) is 0 Å². The van der Waals surface area contributed by atoms with E-state index in [4.69, 9.17) is 10.8 Å². The SMILES string of the molecule is CC(CCC(=O)O)NC(=O)c1csc(CN)n1. The summed E-state index contributed by atoms with van der Waals surface area (Å²) in [5.41, 5.74) is 5.73. The molecule has 94 valence electrons. The van der Waals surface area contributed by atoms with Crippen LogP contribution in [0.5, 0.6) is 0 Å². The Morgan fingerprint density at radius 1 is 1.65 bits per heavy atom. The molecule has 6 nitrogen and oxygen atoms in total. The monoisotopic (exact) mass is 257 g/mol. The van der Waals surface area contributed by atoms with Crippen LogP contribution in [0.2, 0.25) is 0 Å². The van der Waals surface area contributed by atoms with Crippen LogP contribution >= 0.6 is 11.3 Å². The van der Waals surface area contributed by atoms with Crippen molar-refractivity contribution in [1.29, 1.82) is 0 Å². The summed E-state index contributed by atoms with van der Waals surface area (Å²) in [7, 11) is 0. The van der Waals surface area contributed by atoms with E-state index in [2.05, 4.69) is 10.3 Å². The number of aliphatic carboxylic acids is 1. The zero-order valence-electron chi connectivity index (χ0n) is 9.47. The van der Waals surface area contributed by atoms with E-state index in [0.717, 1.165) is 0 Å². The van der Waals surface area contributed by atoms with Crippen molar-refractivity contribution >= 4 is 23.2 Å². The van der Waals surface area contributed by atoms with Crippen LogP contribution in [0.3, 0.4) is 0 Å². The topological polar surface area (TPSA) is 105 Å². The standard InChI is InChI=1S/C10H15N3O3S/c1-6(2-3-9(14)15)12-10(16)7-5-17-8(4-11)13-7/h5-6H,2-4,11H2,1H3,(H,12,16)(H,14,15). The van der Waals surface area contributed by atoms with Gasteiger partial charge in [-0.2, -0.15) is 0 Å². The van der Waals surface area contributed by atoms with Crippen LogP contribution < -0.4 is 11.1 Å². The van der Waals surface area contributed by atoms with Gasteiger partial charge in [0.05, 0.1) is 0 Å². The first-order valence-corrected chi connectivity index (χ1v) is 6.08. The number of carbonyl (C=O) groups is 2. The molecular formula is C10H15N3O3S. The fraction of sp³-hybridized carbons (Fsp3) is 0.500. The molecule has 0 bridgehead atoms. The summed E-state index contributed by atoms with van der Waals surface area (Å²) in [6.07, 6.45) is 0.432. The third-order valence-corrected chi connectivity index (χ3v) is 3.00. The number of amides is 1. The minimum Gasteiger partial charge on any atom is -0.481 e. The van der Waals surface area contributed by atoms with Gasteiger partial charge in [0, 0.05) is 24.4 Å². The second kappa shape index (κ2) is 6.31. The molecule has 0 saturated carbocycles. The minimum atomic E-state index is -0.870. The highest BCUT2D eigenvalue weighted by molar-refractivity contribution is 7.09. The second-order valence-corrected chi connectivity index (χ2v) is 4.58. The molecule has 4 N–H and O–H groups in total. The molecule has 0 aromatic carbocycles. The molecule has 1 rings (SSSR count). The predicted molar refractivity (Wildman–Crippen MR) is 63.8 cm³/mol. The summed E-state index contributed by atoms with van der Waals surface area (Å²) in [5.74, 6) is -1.16. The summed E-state index contributed by atoms with van der Waals surface area (Å²) in [5, 5.41) is 13.5. The Balaban J connectivity index is 2.45. The van der Waals surface area contributed by atoms with Crippen molar-refractivity contribution < 1.29 is 14.7 Å². The molecule has 0 fully saturated rings. The van der Waals surface area contributed by atoms with Crippen LogP contribution in [0.1, 0.15) is 35.3 Å². The lowest BCUT2D eigenvalue weighted by Crippen LogP contribution is -2.33. The highest BCUT2D eigenvalue weighted by Crippen LogP contribution is 2.09. The van der Waals surface area contributed by atoms with Crippen molar-refractivity contribution in [3.05, 3.63) is 16.1 Å². The first-order chi connectivity index (χ1) is 8.02. The molecule has 0 spiro atoms. The van der Waals surface area contributed by atoms with Gasteiger partial charge >= 0.3 is 5.97 Å². The molecule has 1 atom stereocenters. The van der Waals surface area contributed by atoms with Gasteiger partial charge in [-0.3, -0.25) is 9.59 Å². The number of thiazole rings is 1. The first kappa shape index (κ1) is 13.6. The largest absolute Gasteiger partial charge is 0.481 e. The van der Waals surface area contributed by atoms with Crippen LogP contribution in [0.4, 0.5) is 0 Å². The number of carboxylic acids is 1. The molecule has 0 aliphatic carbocycles. The minimum absolute atomic E-state index is 0.0343. The maximum absolute atomic E-state index is 11.7. The first-order valence-electron chi connectivity index (χ1n) is 5.20. The van der Waals surface area contributed by atoms with Gasteiger partial charge in [-0.05, 0) is 13.3 Å². The normalized spacial score (nSPS) is 12.1. The molecule has 1 amide bonds. The third-order valence-electron chi connectivity index (χ3n) is 2.13. The van der Waals surface area contributed by atoms with Crippen molar-refractivity contribution in [2.75, 3.05) is 0 Å². The second-order valence-electron chi connectivity index (χ2n) is 3.64. The van der Waals surface area contributed by atoms with Crippen molar-refractivity contribution in [2.24, 2.45) is 5.73 Å². The number of nitrogens with two attached hydrogens (primary N) is 1. The number of rotatable bonds is 6. The summed E-state index contributed by atoms with van der Waals surface area (Å²) < 4.78 is 0. The van der Waals surface area contributed by atoms with Crippen molar-refractivity contribution in [2.45, 2.75) is 32.4 Å². The van der Waals surface area contributed by atoms with Crippen molar-refractivity contribution in [3.63, 3.8) is 0 Å². The molecule has 1 aromatic rings. The van der Waals surface area contributed by atoms with E-state index in [-0.39, 0.29) is 18.4 Å². The third kappa shape index (κ3) is 4.49. The predicted octanol–water partition coefficient (Wildman–Crippen LogP) is 0.585. The van der Waals surface area contributed by atoms with Crippen LogP contribution in [0.25, 0.3) is 0 Å². The average molecular weight is 257 g/mol. The summed E-state index contributed by atoms with van der Waals surface area (Å²) >= 11 is 1.33. The van der Waals surface area contributed by atoms with Gasteiger partial charge in [-0.25, -0.2) is 4.98 Å². The highest BCUT2D eigenvalue weighted by atomic mass is 32.1. The molecule has 7 heteroatoms. The smallest absolute Gasteiger partial charge is 0.303 e. The molecule has 0 aliphatic heterocycles. The fourth-order valence-electron chi connectivity index (χ4n) is 1.22. The summed E-state index contributed by atoms with van der Waals surface area (Å²) in [6.45, 7) is 2.07. The van der Waals surface area contributed by atoms with E-state index in [1.807, 2.05) is 0 Å². The number of aromatic nitrogens is 1. The number of nitrogens with one attached hydrogen (secondary N) is 1. The zero-order chi connectivity index (χ0) is 12.8. The van der Waals surface area contributed by atoms with E-state index >= 15 is 0 Å². The fourth-order valence-corrected chi connectivity index (χ4v) is 1.87. The number of hydrogen-bond donors (Lipinski definition) is 3. The number of hydrogen-bond acceptors (Lipinski definition) is 5. The van der Waals surface area contributed by atoms with Crippen molar-refractivity contribution in [3.8, 4) is 0 Å². The summed E-state index contributed by atoms with van der Waals surface area (Å²) in [6, 6.07) is -0.193. The van der Waals surface area contributed by atoms with Gasteiger partial charge in [0.25, 0.3) is 5.91 Å². The van der Waals surface area contributed by atoms with E-state index in [9.17, 15) is 9.59 Å².